The monoisotopic (exact) mass is 426 g/mol. The lowest BCUT2D eigenvalue weighted by molar-refractivity contribution is 0.128. The number of hydrogen-bond donors (Lipinski definition) is 0. The van der Waals surface area contributed by atoms with Crippen molar-refractivity contribution in [1.82, 2.24) is 0 Å². The van der Waals surface area contributed by atoms with Crippen LogP contribution in [0.25, 0.3) is 0 Å². The van der Waals surface area contributed by atoms with Gasteiger partial charge in [0, 0.05) is 0 Å². The number of benzene rings is 2. The van der Waals surface area contributed by atoms with Gasteiger partial charge in [-0.2, -0.15) is 16.8 Å². The molecule has 0 aliphatic heterocycles. The van der Waals surface area contributed by atoms with E-state index >= 15 is 0 Å². The van der Waals surface area contributed by atoms with E-state index in [1.165, 1.54) is 24.3 Å². The topological polar surface area (TPSA) is 86.7 Å². The van der Waals surface area contributed by atoms with E-state index in [2.05, 4.69) is 0 Å². The number of unbranched alkanes of at least 4 members (excludes halogenated alkanes) is 1. The van der Waals surface area contributed by atoms with Crippen LogP contribution in [0.5, 0.6) is 0 Å². The van der Waals surface area contributed by atoms with E-state index in [9.17, 15) is 16.8 Å². The quantitative estimate of drug-likeness (QED) is 0.534. The van der Waals surface area contributed by atoms with Crippen molar-refractivity contribution >= 4 is 20.2 Å². The minimum absolute atomic E-state index is 0.0220. The number of aryl methyl sites for hydroxylation is 2. The standard InChI is InChI=1S/C20H26O6S2/c1-4-5-6-18(26-28(23,24)20-13-9-17(3)10-14-20)15-25-27(21,22)19-11-7-16(2)8-12-19/h7-14,18H,4-6,15H2,1-3H3. The second-order valence-electron chi connectivity index (χ2n) is 6.68. The van der Waals surface area contributed by atoms with Crippen molar-refractivity contribution in [2.45, 2.75) is 55.9 Å². The van der Waals surface area contributed by atoms with Gasteiger partial charge in [0.25, 0.3) is 20.2 Å². The maximum Gasteiger partial charge on any atom is 0.297 e. The first-order chi connectivity index (χ1) is 13.1. The van der Waals surface area contributed by atoms with Crippen LogP contribution in [-0.4, -0.2) is 29.5 Å². The third kappa shape index (κ3) is 6.41. The Morgan fingerprint density at radius 1 is 0.786 bits per heavy atom. The first kappa shape index (κ1) is 22.5. The van der Waals surface area contributed by atoms with Crippen molar-refractivity contribution in [1.29, 1.82) is 0 Å². The van der Waals surface area contributed by atoms with Crippen molar-refractivity contribution in [3.05, 3.63) is 59.7 Å². The summed E-state index contributed by atoms with van der Waals surface area (Å²) in [6.45, 7) is 5.28. The highest BCUT2D eigenvalue weighted by atomic mass is 32.2. The summed E-state index contributed by atoms with van der Waals surface area (Å²) < 4.78 is 60.2. The highest BCUT2D eigenvalue weighted by molar-refractivity contribution is 7.87. The maximum absolute atomic E-state index is 12.5. The van der Waals surface area contributed by atoms with Gasteiger partial charge in [-0.3, -0.25) is 8.37 Å². The van der Waals surface area contributed by atoms with Gasteiger partial charge in [-0.1, -0.05) is 55.2 Å². The predicted molar refractivity (Wildman–Crippen MR) is 107 cm³/mol. The second kappa shape index (κ2) is 9.65. The van der Waals surface area contributed by atoms with Gasteiger partial charge in [0.15, 0.2) is 0 Å². The Bertz CT molecular complexity index is 962. The van der Waals surface area contributed by atoms with Crippen molar-refractivity contribution in [2.75, 3.05) is 6.61 Å². The van der Waals surface area contributed by atoms with Gasteiger partial charge in [-0.25, -0.2) is 0 Å². The summed E-state index contributed by atoms with van der Waals surface area (Å²) in [5.74, 6) is 0. The summed E-state index contributed by atoms with van der Waals surface area (Å²) >= 11 is 0. The minimum Gasteiger partial charge on any atom is -0.264 e. The van der Waals surface area contributed by atoms with Gasteiger partial charge in [0.2, 0.25) is 0 Å². The molecule has 2 rings (SSSR count). The fourth-order valence-electron chi connectivity index (χ4n) is 2.47. The molecular formula is C20H26O6S2. The molecule has 0 spiro atoms. The number of hydrogen-bond acceptors (Lipinski definition) is 6. The molecule has 0 aliphatic rings. The normalized spacial score (nSPS) is 13.4. The molecule has 0 heterocycles. The summed E-state index contributed by atoms with van der Waals surface area (Å²) in [7, 11) is -8.02. The zero-order valence-corrected chi connectivity index (χ0v) is 17.9. The van der Waals surface area contributed by atoms with Crippen LogP contribution in [0, 0.1) is 13.8 Å². The Kier molecular flexibility index (Phi) is 7.77. The highest BCUT2D eigenvalue weighted by Gasteiger charge is 2.25. The fourth-order valence-corrected chi connectivity index (χ4v) is 4.50. The van der Waals surface area contributed by atoms with Crippen LogP contribution < -0.4 is 0 Å². The van der Waals surface area contributed by atoms with Gasteiger partial charge in [0.1, 0.15) is 6.10 Å². The Balaban J connectivity index is 2.12. The molecule has 8 heteroatoms. The molecule has 2 aromatic rings. The van der Waals surface area contributed by atoms with E-state index < -0.39 is 26.3 Å². The summed E-state index contributed by atoms with van der Waals surface area (Å²) in [6.07, 6.45) is 0.966. The van der Waals surface area contributed by atoms with Crippen LogP contribution in [0.3, 0.4) is 0 Å². The van der Waals surface area contributed by atoms with E-state index in [0.717, 1.165) is 17.5 Å². The molecule has 0 fully saturated rings. The van der Waals surface area contributed by atoms with Gasteiger partial charge in [-0.05, 0) is 44.5 Å². The average Bonchev–Trinajstić information content (AvgIpc) is 2.64. The molecule has 154 valence electrons. The van der Waals surface area contributed by atoms with Crippen molar-refractivity contribution in [2.24, 2.45) is 0 Å². The van der Waals surface area contributed by atoms with E-state index in [4.69, 9.17) is 8.37 Å². The first-order valence-corrected chi connectivity index (χ1v) is 11.9. The molecule has 0 aromatic heterocycles. The molecule has 6 nitrogen and oxygen atoms in total. The minimum atomic E-state index is -4.02. The van der Waals surface area contributed by atoms with Crippen LogP contribution in [0.4, 0.5) is 0 Å². The van der Waals surface area contributed by atoms with Crippen LogP contribution in [0.1, 0.15) is 37.3 Å². The lowest BCUT2D eigenvalue weighted by atomic mass is 10.2. The first-order valence-electron chi connectivity index (χ1n) is 9.10. The highest BCUT2D eigenvalue weighted by Crippen LogP contribution is 2.20. The van der Waals surface area contributed by atoms with Gasteiger partial charge < -0.3 is 0 Å². The lowest BCUT2D eigenvalue weighted by Gasteiger charge is -2.17. The molecule has 0 bridgehead atoms. The van der Waals surface area contributed by atoms with Gasteiger partial charge in [0.05, 0.1) is 16.4 Å². The summed E-state index contributed by atoms with van der Waals surface area (Å²) in [5.41, 5.74) is 1.85. The zero-order valence-electron chi connectivity index (χ0n) is 16.3. The molecule has 0 saturated carbocycles. The average molecular weight is 427 g/mol. The largest absolute Gasteiger partial charge is 0.297 e. The van der Waals surface area contributed by atoms with E-state index in [0.29, 0.717) is 12.8 Å². The molecule has 0 radical (unpaired) electrons. The molecule has 28 heavy (non-hydrogen) atoms. The number of rotatable bonds is 10. The Labute approximate surface area is 167 Å². The van der Waals surface area contributed by atoms with Crippen LogP contribution in [0.15, 0.2) is 58.3 Å². The van der Waals surface area contributed by atoms with Crippen molar-refractivity contribution in [3.8, 4) is 0 Å². The maximum atomic E-state index is 12.5. The molecular weight excluding hydrogens is 400 g/mol. The third-order valence-corrected chi connectivity index (χ3v) is 6.84. The molecule has 0 saturated heterocycles. The van der Waals surface area contributed by atoms with Crippen LogP contribution >= 0.6 is 0 Å². The van der Waals surface area contributed by atoms with Gasteiger partial charge >= 0.3 is 0 Å². The van der Waals surface area contributed by atoms with Gasteiger partial charge in [-0.15, -0.1) is 0 Å². The second-order valence-corrected chi connectivity index (χ2v) is 9.87. The Morgan fingerprint density at radius 2 is 1.25 bits per heavy atom. The lowest BCUT2D eigenvalue weighted by Crippen LogP contribution is -2.25. The van der Waals surface area contributed by atoms with E-state index in [1.807, 2.05) is 20.8 Å². The SMILES string of the molecule is CCCCC(COS(=O)(=O)c1ccc(C)cc1)OS(=O)(=O)c1ccc(C)cc1. The third-order valence-electron chi connectivity index (χ3n) is 4.17. The molecule has 1 atom stereocenters. The molecule has 0 aliphatic carbocycles. The predicted octanol–water partition coefficient (Wildman–Crippen LogP) is 3.97. The van der Waals surface area contributed by atoms with E-state index in [1.54, 1.807) is 24.3 Å². The summed E-state index contributed by atoms with van der Waals surface area (Å²) in [5, 5.41) is 0. The molecule has 1 unspecified atom stereocenters. The van der Waals surface area contributed by atoms with Crippen molar-refractivity contribution in [3.63, 3.8) is 0 Å². The smallest absolute Gasteiger partial charge is 0.264 e. The molecule has 0 N–H and O–H groups in total. The van der Waals surface area contributed by atoms with Crippen LogP contribution in [-0.2, 0) is 28.6 Å². The Morgan fingerprint density at radius 3 is 1.71 bits per heavy atom. The van der Waals surface area contributed by atoms with E-state index in [-0.39, 0.29) is 16.4 Å². The summed E-state index contributed by atoms with van der Waals surface area (Å²) in [6, 6.07) is 12.5. The van der Waals surface area contributed by atoms with Crippen molar-refractivity contribution < 1.29 is 25.2 Å². The Hall–Kier alpha value is -1.74. The molecule has 2 aromatic carbocycles. The summed E-state index contributed by atoms with van der Waals surface area (Å²) in [4.78, 5) is 0.0507. The van der Waals surface area contributed by atoms with Crippen LogP contribution in [0.2, 0.25) is 0 Å². The molecule has 0 amide bonds. The fraction of sp³-hybridized carbons (Fsp3) is 0.400. The zero-order chi connectivity index (χ0) is 20.8.